The summed E-state index contributed by atoms with van der Waals surface area (Å²) in [6.45, 7) is 5.36. The highest BCUT2D eigenvalue weighted by molar-refractivity contribution is 4.82. The second kappa shape index (κ2) is 6.69. The van der Waals surface area contributed by atoms with E-state index in [9.17, 15) is 0 Å². The third-order valence-electron chi connectivity index (χ3n) is 4.17. The normalized spacial score (nSPS) is 36.0. The number of nitrogens with two attached hydrogens (primary N) is 1. The van der Waals surface area contributed by atoms with Gasteiger partial charge in [0.05, 0.1) is 6.61 Å². The van der Waals surface area contributed by atoms with Crippen molar-refractivity contribution in [2.45, 2.75) is 31.7 Å². The van der Waals surface area contributed by atoms with E-state index >= 15 is 0 Å². The van der Waals surface area contributed by atoms with Crippen LogP contribution < -0.4 is 5.73 Å². The Balaban J connectivity index is 1.77. The molecule has 3 unspecified atom stereocenters. The summed E-state index contributed by atoms with van der Waals surface area (Å²) in [4.78, 5) is 2.52. The highest BCUT2D eigenvalue weighted by atomic mass is 16.5. The molecule has 2 heterocycles. The Hall–Kier alpha value is -0.160. The smallest absolute Gasteiger partial charge is 0.0521 e. The molecule has 2 aliphatic rings. The molecule has 4 heteroatoms. The van der Waals surface area contributed by atoms with Crippen molar-refractivity contribution in [3.8, 4) is 0 Å². The molecule has 0 amide bonds. The second-order valence-electron chi connectivity index (χ2n) is 5.57. The number of aliphatic hydroxyl groups is 1. The summed E-state index contributed by atoms with van der Waals surface area (Å²) in [6.07, 6.45) is 4.47. The average Bonchev–Trinajstić information content (AvgIpc) is 2.33. The zero-order valence-corrected chi connectivity index (χ0v) is 10.7. The summed E-state index contributed by atoms with van der Waals surface area (Å²) in [5.74, 6) is 1.17. The fraction of sp³-hybridized carbons (Fsp3) is 1.00. The Kier molecular flexibility index (Phi) is 5.22. The SMILES string of the molecule is NC1CCOCC1CN1CCCC(CCO)C1. The van der Waals surface area contributed by atoms with Gasteiger partial charge in [0.1, 0.15) is 0 Å². The summed E-state index contributed by atoms with van der Waals surface area (Å²) in [5.41, 5.74) is 6.14. The van der Waals surface area contributed by atoms with E-state index in [-0.39, 0.29) is 0 Å². The maximum absolute atomic E-state index is 9.01. The largest absolute Gasteiger partial charge is 0.396 e. The number of hydrogen-bond acceptors (Lipinski definition) is 4. The Labute approximate surface area is 104 Å². The Morgan fingerprint density at radius 1 is 1.35 bits per heavy atom. The average molecular weight is 242 g/mol. The molecule has 3 atom stereocenters. The number of ether oxygens (including phenoxy) is 1. The highest BCUT2D eigenvalue weighted by Gasteiger charge is 2.27. The van der Waals surface area contributed by atoms with Crippen LogP contribution in [0.15, 0.2) is 0 Å². The predicted molar refractivity (Wildman–Crippen MR) is 67.8 cm³/mol. The number of hydrogen-bond donors (Lipinski definition) is 2. The quantitative estimate of drug-likeness (QED) is 0.751. The lowest BCUT2D eigenvalue weighted by Crippen LogP contribution is -2.47. The summed E-state index contributed by atoms with van der Waals surface area (Å²) >= 11 is 0. The van der Waals surface area contributed by atoms with Gasteiger partial charge in [-0.1, -0.05) is 0 Å². The van der Waals surface area contributed by atoms with Crippen molar-refractivity contribution in [3.05, 3.63) is 0 Å². The summed E-state index contributed by atoms with van der Waals surface area (Å²) in [6, 6.07) is 0.307. The first kappa shape index (κ1) is 13.3. The molecule has 3 N–H and O–H groups in total. The zero-order valence-electron chi connectivity index (χ0n) is 10.7. The van der Waals surface area contributed by atoms with E-state index in [4.69, 9.17) is 15.6 Å². The molecule has 2 fully saturated rings. The van der Waals surface area contributed by atoms with Crippen molar-refractivity contribution >= 4 is 0 Å². The molecule has 0 spiro atoms. The van der Waals surface area contributed by atoms with Crippen LogP contribution in [0.1, 0.15) is 25.7 Å². The molecule has 4 nitrogen and oxygen atoms in total. The lowest BCUT2D eigenvalue weighted by Gasteiger charge is -2.37. The second-order valence-corrected chi connectivity index (χ2v) is 5.57. The van der Waals surface area contributed by atoms with Gasteiger partial charge in [0, 0.05) is 38.3 Å². The minimum Gasteiger partial charge on any atom is -0.396 e. The molecule has 0 aromatic carbocycles. The number of aliphatic hydroxyl groups excluding tert-OH is 1. The Morgan fingerprint density at radius 2 is 2.24 bits per heavy atom. The number of likely N-dealkylation sites (tertiary alicyclic amines) is 1. The van der Waals surface area contributed by atoms with E-state index in [1.807, 2.05) is 0 Å². The standard InChI is InChI=1S/C13H26N2O2/c14-13-4-7-17-10-12(13)9-15-5-1-2-11(8-15)3-6-16/h11-13,16H,1-10,14H2. The van der Waals surface area contributed by atoms with Crippen LogP contribution >= 0.6 is 0 Å². The van der Waals surface area contributed by atoms with Gasteiger partial charge in [0.25, 0.3) is 0 Å². The van der Waals surface area contributed by atoms with Gasteiger partial charge >= 0.3 is 0 Å². The van der Waals surface area contributed by atoms with Gasteiger partial charge in [-0.05, 0) is 38.1 Å². The zero-order chi connectivity index (χ0) is 12.1. The molecule has 0 aromatic rings. The van der Waals surface area contributed by atoms with Crippen LogP contribution in [0.4, 0.5) is 0 Å². The van der Waals surface area contributed by atoms with Crippen LogP contribution in [-0.2, 0) is 4.74 Å². The molecule has 0 aliphatic carbocycles. The van der Waals surface area contributed by atoms with Crippen molar-refractivity contribution in [1.82, 2.24) is 4.90 Å². The third-order valence-corrected chi connectivity index (χ3v) is 4.17. The Morgan fingerprint density at radius 3 is 3.00 bits per heavy atom. The molecular formula is C13H26N2O2. The lowest BCUT2D eigenvalue weighted by atomic mass is 9.92. The lowest BCUT2D eigenvalue weighted by molar-refractivity contribution is 0.0182. The minimum atomic E-state index is 0.307. The van der Waals surface area contributed by atoms with E-state index in [1.165, 1.54) is 19.4 Å². The number of piperidine rings is 1. The van der Waals surface area contributed by atoms with Crippen molar-refractivity contribution < 1.29 is 9.84 Å². The molecule has 2 saturated heterocycles. The first-order valence-electron chi connectivity index (χ1n) is 6.96. The van der Waals surface area contributed by atoms with Crippen molar-refractivity contribution in [2.24, 2.45) is 17.6 Å². The van der Waals surface area contributed by atoms with Gasteiger partial charge in [-0.2, -0.15) is 0 Å². The summed E-state index contributed by atoms with van der Waals surface area (Å²) < 4.78 is 5.52. The number of nitrogens with zero attached hydrogens (tertiary/aromatic N) is 1. The third kappa shape index (κ3) is 3.91. The number of rotatable bonds is 4. The first-order chi connectivity index (χ1) is 8.29. The molecule has 2 aliphatic heterocycles. The van der Waals surface area contributed by atoms with Gasteiger partial charge < -0.3 is 20.5 Å². The summed E-state index contributed by atoms with van der Waals surface area (Å²) in [5, 5.41) is 9.01. The van der Waals surface area contributed by atoms with Gasteiger partial charge in [0.2, 0.25) is 0 Å². The molecule has 100 valence electrons. The van der Waals surface area contributed by atoms with Crippen LogP contribution in [0.25, 0.3) is 0 Å². The van der Waals surface area contributed by atoms with Crippen LogP contribution in [0.3, 0.4) is 0 Å². The molecule has 17 heavy (non-hydrogen) atoms. The monoisotopic (exact) mass is 242 g/mol. The van der Waals surface area contributed by atoms with E-state index in [1.54, 1.807) is 0 Å². The first-order valence-corrected chi connectivity index (χ1v) is 6.96. The summed E-state index contributed by atoms with van der Waals surface area (Å²) in [7, 11) is 0. The Bertz CT molecular complexity index is 223. The molecule has 0 radical (unpaired) electrons. The highest BCUT2D eigenvalue weighted by Crippen LogP contribution is 2.22. The van der Waals surface area contributed by atoms with Crippen molar-refractivity contribution in [2.75, 3.05) is 39.5 Å². The van der Waals surface area contributed by atoms with Gasteiger partial charge in [0.15, 0.2) is 0 Å². The molecule has 0 saturated carbocycles. The molecule has 0 aromatic heterocycles. The van der Waals surface area contributed by atoms with Gasteiger partial charge in [-0.15, -0.1) is 0 Å². The van der Waals surface area contributed by atoms with E-state index in [2.05, 4.69) is 4.90 Å². The predicted octanol–water partition coefficient (Wildman–Crippen LogP) is 0.445. The van der Waals surface area contributed by atoms with E-state index in [0.29, 0.717) is 24.5 Å². The fourth-order valence-electron chi connectivity index (χ4n) is 3.07. The van der Waals surface area contributed by atoms with Crippen LogP contribution in [0.5, 0.6) is 0 Å². The van der Waals surface area contributed by atoms with E-state index < -0.39 is 0 Å². The van der Waals surface area contributed by atoms with Crippen LogP contribution in [0, 0.1) is 11.8 Å². The molecule has 0 bridgehead atoms. The maximum Gasteiger partial charge on any atom is 0.0521 e. The topological polar surface area (TPSA) is 58.7 Å². The minimum absolute atomic E-state index is 0.307. The van der Waals surface area contributed by atoms with Crippen LogP contribution in [0.2, 0.25) is 0 Å². The fourth-order valence-corrected chi connectivity index (χ4v) is 3.07. The van der Waals surface area contributed by atoms with Crippen molar-refractivity contribution in [3.63, 3.8) is 0 Å². The maximum atomic E-state index is 9.01. The van der Waals surface area contributed by atoms with Crippen LogP contribution in [-0.4, -0.2) is 55.5 Å². The van der Waals surface area contributed by atoms with E-state index in [0.717, 1.165) is 39.1 Å². The van der Waals surface area contributed by atoms with Gasteiger partial charge in [-0.3, -0.25) is 0 Å². The molecule has 2 rings (SSSR count). The van der Waals surface area contributed by atoms with Gasteiger partial charge in [-0.25, -0.2) is 0 Å². The van der Waals surface area contributed by atoms with Crippen molar-refractivity contribution in [1.29, 1.82) is 0 Å². The molecular weight excluding hydrogens is 216 g/mol.